The second-order valence-corrected chi connectivity index (χ2v) is 7.10. The summed E-state index contributed by atoms with van der Waals surface area (Å²) in [6, 6.07) is 16.8. The number of ether oxygens (including phenoxy) is 2. The largest absolute Gasteiger partial charge is 0.494 e. The monoisotopic (exact) mass is 509 g/mol. The molecule has 2 N–H and O–H groups in total. The molecule has 5 nitrogen and oxygen atoms in total. The molecule has 0 radical (unpaired) electrons. The number of halogens is 1. The molecule has 1 saturated heterocycles. The molecule has 29 heavy (non-hydrogen) atoms. The van der Waals surface area contributed by atoms with E-state index in [1.54, 1.807) is 7.05 Å². The van der Waals surface area contributed by atoms with Crippen LogP contribution >= 0.6 is 24.0 Å². The first-order valence-corrected chi connectivity index (χ1v) is 10.0. The van der Waals surface area contributed by atoms with E-state index in [4.69, 9.17) is 9.47 Å². The zero-order chi connectivity index (χ0) is 19.8. The Balaban J connectivity index is 0.00000300. The molecule has 3 rings (SSSR count). The number of nitrogens with zero attached hydrogens (tertiary/aromatic N) is 1. The van der Waals surface area contributed by atoms with Crippen molar-refractivity contribution in [3.05, 3.63) is 65.2 Å². The van der Waals surface area contributed by atoms with Crippen molar-refractivity contribution in [2.24, 2.45) is 10.9 Å². The Kier molecular flexibility index (Phi) is 9.73. The molecule has 1 heterocycles. The van der Waals surface area contributed by atoms with Gasteiger partial charge in [0.25, 0.3) is 0 Å². The van der Waals surface area contributed by atoms with E-state index in [2.05, 4.69) is 65.0 Å². The molecular weight excluding hydrogens is 477 g/mol. The van der Waals surface area contributed by atoms with E-state index in [1.807, 2.05) is 13.0 Å². The molecule has 0 saturated carbocycles. The lowest BCUT2D eigenvalue weighted by Crippen LogP contribution is -2.40. The van der Waals surface area contributed by atoms with Crippen molar-refractivity contribution in [2.75, 3.05) is 26.8 Å². The van der Waals surface area contributed by atoms with Crippen LogP contribution in [0.1, 0.15) is 36.1 Å². The summed E-state index contributed by atoms with van der Waals surface area (Å²) in [5.41, 5.74) is 3.57. The van der Waals surface area contributed by atoms with Crippen LogP contribution in [0, 0.1) is 12.8 Å². The average Bonchev–Trinajstić information content (AvgIpc) is 3.19. The Morgan fingerprint density at radius 3 is 2.69 bits per heavy atom. The number of rotatable bonds is 7. The lowest BCUT2D eigenvalue weighted by molar-refractivity contribution is 0.0915. The third-order valence-electron chi connectivity index (χ3n) is 5.07. The Labute approximate surface area is 191 Å². The SMILES string of the molecule is CCOc1cc(C)ccc1CNC(=NC)NCC1CCOC1c1ccccc1.I. The Morgan fingerprint density at radius 1 is 1.17 bits per heavy atom. The van der Waals surface area contributed by atoms with Gasteiger partial charge in [0, 0.05) is 38.2 Å². The van der Waals surface area contributed by atoms with E-state index in [1.165, 1.54) is 11.1 Å². The fourth-order valence-corrected chi connectivity index (χ4v) is 3.58. The van der Waals surface area contributed by atoms with Gasteiger partial charge in [0.05, 0.1) is 12.7 Å². The molecular formula is C23H32IN3O2. The van der Waals surface area contributed by atoms with Crippen LogP contribution in [0.25, 0.3) is 0 Å². The highest BCUT2D eigenvalue weighted by Crippen LogP contribution is 2.33. The lowest BCUT2D eigenvalue weighted by atomic mass is 9.95. The van der Waals surface area contributed by atoms with Crippen molar-refractivity contribution in [1.82, 2.24) is 10.6 Å². The van der Waals surface area contributed by atoms with Gasteiger partial charge in [0.15, 0.2) is 5.96 Å². The van der Waals surface area contributed by atoms with Crippen LogP contribution in [-0.4, -0.2) is 32.8 Å². The van der Waals surface area contributed by atoms with Crippen LogP contribution in [0.15, 0.2) is 53.5 Å². The summed E-state index contributed by atoms with van der Waals surface area (Å²) in [5.74, 6) is 2.15. The van der Waals surface area contributed by atoms with Gasteiger partial charge in [-0.3, -0.25) is 4.99 Å². The molecule has 1 aliphatic heterocycles. The minimum Gasteiger partial charge on any atom is -0.494 e. The topological polar surface area (TPSA) is 54.9 Å². The van der Waals surface area contributed by atoms with Gasteiger partial charge in [-0.2, -0.15) is 0 Å². The quantitative estimate of drug-likeness (QED) is 0.329. The first kappa shape index (κ1) is 23.5. The predicted octanol–water partition coefficient (Wildman–Crippen LogP) is 4.45. The minimum atomic E-state index is 0. The molecule has 0 aromatic heterocycles. The van der Waals surface area contributed by atoms with E-state index >= 15 is 0 Å². The summed E-state index contributed by atoms with van der Waals surface area (Å²) >= 11 is 0. The first-order chi connectivity index (χ1) is 13.7. The Morgan fingerprint density at radius 2 is 1.97 bits per heavy atom. The van der Waals surface area contributed by atoms with E-state index in [9.17, 15) is 0 Å². The van der Waals surface area contributed by atoms with Crippen LogP contribution in [-0.2, 0) is 11.3 Å². The van der Waals surface area contributed by atoms with Gasteiger partial charge in [-0.05, 0) is 37.5 Å². The molecule has 0 spiro atoms. The average molecular weight is 509 g/mol. The smallest absolute Gasteiger partial charge is 0.191 e. The zero-order valence-electron chi connectivity index (χ0n) is 17.5. The van der Waals surface area contributed by atoms with E-state index in [0.717, 1.165) is 36.8 Å². The van der Waals surface area contributed by atoms with Crippen LogP contribution < -0.4 is 15.4 Å². The maximum absolute atomic E-state index is 5.98. The number of benzene rings is 2. The minimum absolute atomic E-state index is 0. The third kappa shape index (κ3) is 6.60. The molecule has 2 aromatic carbocycles. The number of aryl methyl sites for hydroxylation is 1. The maximum Gasteiger partial charge on any atom is 0.191 e. The fraction of sp³-hybridized carbons (Fsp3) is 0.435. The maximum atomic E-state index is 5.98. The standard InChI is InChI=1S/C23H31N3O2.HI/c1-4-27-21-14-17(2)10-11-19(21)15-25-23(24-3)26-16-20-12-13-28-22(20)18-8-6-5-7-9-18;/h5-11,14,20,22H,4,12-13,15-16H2,1-3H3,(H2,24,25,26);1H. The highest BCUT2D eigenvalue weighted by molar-refractivity contribution is 14.0. The Hall–Kier alpha value is -1.80. The molecule has 0 aliphatic carbocycles. The van der Waals surface area contributed by atoms with Crippen molar-refractivity contribution in [2.45, 2.75) is 32.9 Å². The summed E-state index contributed by atoms with van der Waals surface area (Å²) in [6.07, 6.45) is 1.20. The van der Waals surface area contributed by atoms with Crippen molar-refractivity contribution >= 4 is 29.9 Å². The molecule has 2 atom stereocenters. The van der Waals surface area contributed by atoms with Crippen LogP contribution in [0.4, 0.5) is 0 Å². The van der Waals surface area contributed by atoms with Gasteiger partial charge in [-0.25, -0.2) is 0 Å². The van der Waals surface area contributed by atoms with Gasteiger partial charge < -0.3 is 20.1 Å². The second-order valence-electron chi connectivity index (χ2n) is 7.10. The highest BCUT2D eigenvalue weighted by Gasteiger charge is 2.29. The summed E-state index contributed by atoms with van der Waals surface area (Å²) in [4.78, 5) is 4.37. The molecule has 1 fully saturated rings. The van der Waals surface area contributed by atoms with Gasteiger partial charge in [0.2, 0.25) is 0 Å². The van der Waals surface area contributed by atoms with Crippen molar-refractivity contribution in [1.29, 1.82) is 0 Å². The fourth-order valence-electron chi connectivity index (χ4n) is 3.58. The van der Waals surface area contributed by atoms with Crippen LogP contribution in [0.5, 0.6) is 5.75 Å². The van der Waals surface area contributed by atoms with E-state index < -0.39 is 0 Å². The van der Waals surface area contributed by atoms with Crippen LogP contribution in [0.2, 0.25) is 0 Å². The molecule has 0 amide bonds. The van der Waals surface area contributed by atoms with Gasteiger partial charge >= 0.3 is 0 Å². The molecule has 6 heteroatoms. The van der Waals surface area contributed by atoms with Crippen LogP contribution in [0.3, 0.4) is 0 Å². The van der Waals surface area contributed by atoms with Crippen molar-refractivity contribution in [3.63, 3.8) is 0 Å². The third-order valence-corrected chi connectivity index (χ3v) is 5.07. The van der Waals surface area contributed by atoms with Crippen molar-refractivity contribution in [3.8, 4) is 5.75 Å². The molecule has 2 aromatic rings. The second kappa shape index (κ2) is 12.0. The molecule has 0 bridgehead atoms. The van der Waals surface area contributed by atoms with Gasteiger partial charge in [0.1, 0.15) is 5.75 Å². The summed E-state index contributed by atoms with van der Waals surface area (Å²) in [5, 5.41) is 6.86. The molecule has 1 aliphatic rings. The first-order valence-electron chi connectivity index (χ1n) is 10.0. The van der Waals surface area contributed by atoms with Crippen molar-refractivity contribution < 1.29 is 9.47 Å². The summed E-state index contributed by atoms with van der Waals surface area (Å²) in [7, 11) is 1.80. The number of aliphatic imine (C=N–C) groups is 1. The number of hydrogen-bond acceptors (Lipinski definition) is 3. The predicted molar refractivity (Wildman–Crippen MR) is 129 cm³/mol. The van der Waals surface area contributed by atoms with E-state index in [-0.39, 0.29) is 30.1 Å². The number of hydrogen-bond donors (Lipinski definition) is 2. The van der Waals surface area contributed by atoms with Gasteiger partial charge in [-0.15, -0.1) is 24.0 Å². The molecule has 158 valence electrons. The Bertz CT molecular complexity index is 783. The van der Waals surface area contributed by atoms with Gasteiger partial charge in [-0.1, -0.05) is 42.5 Å². The summed E-state index contributed by atoms with van der Waals surface area (Å²) < 4.78 is 11.8. The lowest BCUT2D eigenvalue weighted by Gasteiger charge is -2.21. The highest BCUT2D eigenvalue weighted by atomic mass is 127. The number of guanidine groups is 1. The summed E-state index contributed by atoms with van der Waals surface area (Å²) in [6.45, 7) is 7.04. The molecule has 2 unspecified atom stereocenters. The zero-order valence-corrected chi connectivity index (χ0v) is 19.8. The normalized spacial score (nSPS) is 18.8. The number of nitrogens with one attached hydrogen (secondary N) is 2. The van der Waals surface area contributed by atoms with E-state index in [0.29, 0.717) is 19.1 Å².